The zero-order valence-corrected chi connectivity index (χ0v) is 15.2. The molecule has 0 spiro atoms. The van der Waals surface area contributed by atoms with Crippen LogP contribution in [0.4, 0.5) is 4.39 Å². The lowest BCUT2D eigenvalue weighted by Gasteiger charge is -2.13. The van der Waals surface area contributed by atoms with E-state index in [9.17, 15) is 4.39 Å². The predicted octanol–water partition coefficient (Wildman–Crippen LogP) is 3.94. The highest BCUT2D eigenvalue weighted by Gasteiger charge is 2.03. The highest BCUT2D eigenvalue weighted by molar-refractivity contribution is 5.79. The summed E-state index contributed by atoms with van der Waals surface area (Å²) in [5.41, 5.74) is 1.83. The standard InChI is InChI=1S/C22H24FN3O/c23-21-11-5-4-9-19(21)12-14-24-22(25-15-13-20-10-6-16-27-20)26-17-18-7-2-1-3-8-18/h1-11,16H,12-15,17H2,(H2,24,25,26). The van der Waals surface area contributed by atoms with Gasteiger partial charge < -0.3 is 15.1 Å². The van der Waals surface area contributed by atoms with Gasteiger partial charge in [-0.2, -0.15) is 0 Å². The Kier molecular flexibility index (Phi) is 7.04. The fourth-order valence-electron chi connectivity index (χ4n) is 2.70. The summed E-state index contributed by atoms with van der Waals surface area (Å²) in [6, 6.07) is 20.8. The van der Waals surface area contributed by atoms with Gasteiger partial charge in [0.2, 0.25) is 0 Å². The summed E-state index contributed by atoms with van der Waals surface area (Å²) in [6.07, 6.45) is 3.04. The van der Waals surface area contributed by atoms with E-state index in [4.69, 9.17) is 4.42 Å². The van der Waals surface area contributed by atoms with Crippen LogP contribution < -0.4 is 10.6 Å². The molecule has 5 heteroatoms. The van der Waals surface area contributed by atoms with Gasteiger partial charge in [0.15, 0.2) is 5.96 Å². The molecule has 0 aliphatic carbocycles. The van der Waals surface area contributed by atoms with Crippen molar-refractivity contribution in [2.75, 3.05) is 13.1 Å². The second-order valence-corrected chi connectivity index (χ2v) is 6.17. The number of hydrogen-bond acceptors (Lipinski definition) is 2. The number of guanidine groups is 1. The van der Waals surface area contributed by atoms with Crippen LogP contribution in [0.1, 0.15) is 16.9 Å². The maximum atomic E-state index is 13.8. The Labute approximate surface area is 159 Å². The van der Waals surface area contributed by atoms with Crippen molar-refractivity contribution >= 4 is 5.96 Å². The molecule has 0 fully saturated rings. The zero-order chi connectivity index (χ0) is 18.7. The second kappa shape index (κ2) is 10.2. The van der Waals surface area contributed by atoms with Gasteiger partial charge in [-0.25, -0.2) is 9.38 Å². The Balaban J connectivity index is 1.55. The molecule has 0 unspecified atom stereocenters. The number of rotatable bonds is 8. The fraction of sp³-hybridized carbons (Fsp3) is 0.227. The van der Waals surface area contributed by atoms with Gasteiger partial charge in [-0.1, -0.05) is 48.5 Å². The van der Waals surface area contributed by atoms with Crippen molar-refractivity contribution in [1.82, 2.24) is 10.6 Å². The zero-order valence-electron chi connectivity index (χ0n) is 15.2. The van der Waals surface area contributed by atoms with Gasteiger partial charge >= 0.3 is 0 Å². The molecule has 0 aliphatic rings. The molecule has 2 aromatic carbocycles. The summed E-state index contributed by atoms with van der Waals surface area (Å²) < 4.78 is 19.1. The number of furan rings is 1. The number of nitrogens with zero attached hydrogens (tertiary/aromatic N) is 1. The molecule has 0 bridgehead atoms. The normalized spacial score (nSPS) is 11.4. The minimum absolute atomic E-state index is 0.173. The van der Waals surface area contributed by atoms with Crippen LogP contribution in [-0.4, -0.2) is 19.0 Å². The Morgan fingerprint density at radius 1 is 0.852 bits per heavy atom. The van der Waals surface area contributed by atoms with Gasteiger partial charge in [0.25, 0.3) is 0 Å². The van der Waals surface area contributed by atoms with E-state index in [-0.39, 0.29) is 5.82 Å². The molecule has 3 aromatic rings. The van der Waals surface area contributed by atoms with Gasteiger partial charge in [-0.15, -0.1) is 0 Å². The quantitative estimate of drug-likeness (QED) is 0.470. The van der Waals surface area contributed by atoms with Crippen LogP contribution in [0.5, 0.6) is 0 Å². The lowest BCUT2D eigenvalue weighted by molar-refractivity contribution is 0.506. The van der Waals surface area contributed by atoms with Crippen LogP contribution in [0.25, 0.3) is 0 Å². The van der Waals surface area contributed by atoms with E-state index in [2.05, 4.69) is 15.6 Å². The van der Waals surface area contributed by atoms with E-state index in [0.29, 0.717) is 37.6 Å². The van der Waals surface area contributed by atoms with Crippen LogP contribution in [0.15, 0.2) is 82.4 Å². The molecule has 0 radical (unpaired) electrons. The number of nitrogens with one attached hydrogen (secondary N) is 2. The van der Waals surface area contributed by atoms with Gasteiger partial charge in [-0.05, 0) is 35.7 Å². The van der Waals surface area contributed by atoms with Crippen molar-refractivity contribution in [2.45, 2.75) is 19.4 Å². The Morgan fingerprint density at radius 3 is 2.33 bits per heavy atom. The predicted molar refractivity (Wildman–Crippen MR) is 106 cm³/mol. The van der Waals surface area contributed by atoms with Gasteiger partial charge in [0.05, 0.1) is 12.8 Å². The van der Waals surface area contributed by atoms with E-state index in [1.165, 1.54) is 6.07 Å². The lowest BCUT2D eigenvalue weighted by atomic mass is 10.1. The number of aliphatic imine (C=N–C) groups is 1. The Morgan fingerprint density at radius 2 is 1.59 bits per heavy atom. The van der Waals surface area contributed by atoms with Crippen molar-refractivity contribution in [3.05, 3.63) is 95.7 Å². The van der Waals surface area contributed by atoms with Crippen LogP contribution in [0.3, 0.4) is 0 Å². The van der Waals surface area contributed by atoms with Crippen molar-refractivity contribution in [3.63, 3.8) is 0 Å². The second-order valence-electron chi connectivity index (χ2n) is 6.17. The van der Waals surface area contributed by atoms with Crippen LogP contribution >= 0.6 is 0 Å². The Bertz CT molecular complexity index is 832. The summed E-state index contributed by atoms with van der Waals surface area (Å²) in [7, 11) is 0. The maximum Gasteiger partial charge on any atom is 0.191 e. The molecule has 4 nitrogen and oxygen atoms in total. The molecule has 27 heavy (non-hydrogen) atoms. The van der Waals surface area contributed by atoms with E-state index >= 15 is 0 Å². The summed E-state index contributed by atoms with van der Waals surface area (Å²) in [5.74, 6) is 1.46. The lowest BCUT2D eigenvalue weighted by Crippen LogP contribution is -2.39. The van der Waals surface area contributed by atoms with E-state index in [1.807, 2.05) is 54.6 Å². The molecule has 140 valence electrons. The van der Waals surface area contributed by atoms with E-state index < -0.39 is 0 Å². The molecule has 1 aromatic heterocycles. The van der Waals surface area contributed by atoms with Crippen LogP contribution in [0, 0.1) is 5.82 Å². The minimum Gasteiger partial charge on any atom is -0.469 e. The highest BCUT2D eigenvalue weighted by atomic mass is 19.1. The third kappa shape index (κ3) is 6.29. The minimum atomic E-state index is -0.173. The Hall–Kier alpha value is -3.08. The summed E-state index contributed by atoms with van der Waals surface area (Å²) >= 11 is 0. The topological polar surface area (TPSA) is 49.6 Å². The smallest absolute Gasteiger partial charge is 0.191 e. The number of benzene rings is 2. The molecule has 2 N–H and O–H groups in total. The first-order chi connectivity index (χ1) is 13.3. The molecule has 3 rings (SSSR count). The maximum absolute atomic E-state index is 13.8. The first kappa shape index (κ1) is 18.7. The highest BCUT2D eigenvalue weighted by Crippen LogP contribution is 2.06. The van der Waals surface area contributed by atoms with Crippen LogP contribution in [0.2, 0.25) is 0 Å². The van der Waals surface area contributed by atoms with E-state index in [1.54, 1.807) is 12.3 Å². The molecular weight excluding hydrogens is 341 g/mol. The molecule has 1 heterocycles. The molecule has 0 aliphatic heterocycles. The SMILES string of the molecule is Fc1ccccc1CCNC(=NCc1ccccc1)NCCc1ccco1. The average molecular weight is 365 g/mol. The summed E-state index contributed by atoms with van der Waals surface area (Å²) in [4.78, 5) is 4.64. The van der Waals surface area contributed by atoms with Gasteiger partial charge in [0, 0.05) is 19.5 Å². The fourth-order valence-corrected chi connectivity index (χ4v) is 2.70. The molecule has 0 amide bonds. The molecular formula is C22H24FN3O. The first-order valence-corrected chi connectivity index (χ1v) is 9.13. The van der Waals surface area contributed by atoms with Gasteiger partial charge in [0.1, 0.15) is 11.6 Å². The largest absolute Gasteiger partial charge is 0.469 e. The monoisotopic (exact) mass is 365 g/mol. The average Bonchev–Trinajstić information content (AvgIpc) is 3.21. The summed E-state index contributed by atoms with van der Waals surface area (Å²) in [6.45, 7) is 1.88. The van der Waals surface area contributed by atoms with E-state index in [0.717, 1.165) is 17.7 Å². The number of hydrogen-bond donors (Lipinski definition) is 2. The van der Waals surface area contributed by atoms with Crippen molar-refractivity contribution in [1.29, 1.82) is 0 Å². The van der Waals surface area contributed by atoms with Gasteiger partial charge in [-0.3, -0.25) is 0 Å². The molecule has 0 saturated carbocycles. The third-order valence-corrected chi connectivity index (χ3v) is 4.15. The molecule has 0 atom stereocenters. The van der Waals surface area contributed by atoms with Crippen LogP contribution in [-0.2, 0) is 19.4 Å². The molecule has 0 saturated heterocycles. The third-order valence-electron chi connectivity index (χ3n) is 4.15. The van der Waals surface area contributed by atoms with Crippen molar-refractivity contribution in [2.24, 2.45) is 4.99 Å². The summed E-state index contributed by atoms with van der Waals surface area (Å²) in [5, 5.41) is 6.60. The first-order valence-electron chi connectivity index (χ1n) is 9.13. The van der Waals surface area contributed by atoms with Crippen molar-refractivity contribution in [3.8, 4) is 0 Å². The van der Waals surface area contributed by atoms with Crippen molar-refractivity contribution < 1.29 is 8.81 Å². The number of halogens is 1.